The zero-order valence-corrected chi connectivity index (χ0v) is 13.4. The highest BCUT2D eigenvalue weighted by atomic mass is 32.2. The molecule has 1 fully saturated rings. The van der Waals surface area contributed by atoms with Gasteiger partial charge in [0.05, 0.1) is 4.87 Å². The first-order chi connectivity index (χ1) is 8.58. The molecule has 0 bridgehead atoms. The van der Waals surface area contributed by atoms with Crippen molar-refractivity contribution in [1.82, 2.24) is 10.2 Å². The van der Waals surface area contributed by atoms with Crippen LogP contribution in [-0.4, -0.2) is 45.7 Å². The number of ether oxygens (including phenoxy) is 1. The number of hydrogen-bond acceptors (Lipinski definition) is 4. The van der Waals surface area contributed by atoms with E-state index < -0.39 is 22.6 Å². The Hall–Kier alpha value is -0.910. The van der Waals surface area contributed by atoms with E-state index in [2.05, 4.69) is 5.32 Å². The summed E-state index contributed by atoms with van der Waals surface area (Å²) in [6.07, 6.45) is -0.432. The molecule has 1 atom stereocenters. The van der Waals surface area contributed by atoms with Crippen LogP contribution < -0.4 is 5.32 Å². The Bertz CT molecular complexity index is 363. The summed E-state index contributed by atoms with van der Waals surface area (Å²) in [6.45, 7) is 11.7. The van der Waals surface area contributed by atoms with Gasteiger partial charge in [0.15, 0.2) is 0 Å². The van der Waals surface area contributed by atoms with E-state index in [1.54, 1.807) is 16.7 Å². The molecule has 6 heteroatoms. The minimum Gasteiger partial charge on any atom is -0.444 e. The maximum Gasteiger partial charge on any atom is 0.412 e. The number of rotatable bonds is 2. The van der Waals surface area contributed by atoms with Crippen LogP contribution in [0.15, 0.2) is 0 Å². The molecule has 0 aliphatic carbocycles. The largest absolute Gasteiger partial charge is 0.444 e. The molecule has 1 saturated heterocycles. The zero-order valence-electron chi connectivity index (χ0n) is 12.6. The van der Waals surface area contributed by atoms with Gasteiger partial charge < -0.3 is 10.1 Å². The van der Waals surface area contributed by atoms with Crippen LogP contribution in [0.5, 0.6) is 0 Å². The number of thioether (sulfide) groups is 1. The van der Waals surface area contributed by atoms with Gasteiger partial charge >= 0.3 is 6.09 Å². The number of carbonyl (C=O) groups is 2. The lowest BCUT2D eigenvalue weighted by Gasteiger charge is -2.35. The van der Waals surface area contributed by atoms with E-state index in [1.165, 1.54) is 0 Å². The fraction of sp³-hybridized carbons (Fsp3) is 0.846. The molecule has 0 aromatic carbocycles. The summed E-state index contributed by atoms with van der Waals surface area (Å²) in [7, 11) is 0. The first kappa shape index (κ1) is 16.1. The van der Waals surface area contributed by atoms with Gasteiger partial charge in [-0.25, -0.2) is 4.79 Å². The minimum atomic E-state index is -0.563. The van der Waals surface area contributed by atoms with E-state index in [9.17, 15) is 9.59 Å². The van der Waals surface area contributed by atoms with Gasteiger partial charge in [0, 0.05) is 12.3 Å². The van der Waals surface area contributed by atoms with Crippen LogP contribution in [0.3, 0.4) is 0 Å². The van der Waals surface area contributed by atoms with Crippen LogP contribution in [0.25, 0.3) is 0 Å². The van der Waals surface area contributed by atoms with Gasteiger partial charge in [-0.15, -0.1) is 11.8 Å². The molecule has 0 aromatic heterocycles. The van der Waals surface area contributed by atoms with Gasteiger partial charge in [-0.1, -0.05) is 0 Å². The predicted molar refractivity (Wildman–Crippen MR) is 77.1 cm³/mol. The number of carbonyl (C=O) groups excluding carboxylic acids is 2. The summed E-state index contributed by atoms with van der Waals surface area (Å²) in [6, 6.07) is -0.463. The first-order valence-corrected chi connectivity index (χ1v) is 7.51. The maximum absolute atomic E-state index is 12.3. The highest BCUT2D eigenvalue weighted by molar-refractivity contribution is 8.00. The van der Waals surface area contributed by atoms with Gasteiger partial charge in [0.25, 0.3) is 0 Å². The summed E-state index contributed by atoms with van der Waals surface area (Å²) < 4.78 is 5.41. The Morgan fingerprint density at radius 1 is 1.42 bits per heavy atom. The molecule has 1 N–H and O–H groups in total. The highest BCUT2D eigenvalue weighted by Crippen LogP contribution is 2.39. The molecule has 110 valence electrons. The van der Waals surface area contributed by atoms with Crippen LogP contribution in [0, 0.1) is 0 Å². The third-order valence-corrected chi connectivity index (χ3v) is 4.12. The van der Waals surface area contributed by atoms with Crippen LogP contribution in [-0.2, 0) is 9.53 Å². The molecule has 0 radical (unpaired) electrons. The standard InChI is InChI=1S/C13H24N2O3S/c1-7-14-10(16)9-8-19-13(5,6)15(9)11(17)18-12(2,3)4/h9H,7-8H2,1-6H3,(H,14,16). The van der Waals surface area contributed by atoms with Crippen molar-refractivity contribution in [3.63, 3.8) is 0 Å². The molecule has 1 aliphatic heterocycles. The Morgan fingerprint density at radius 2 is 2.00 bits per heavy atom. The lowest BCUT2D eigenvalue weighted by atomic mass is 10.2. The number of amides is 2. The van der Waals surface area contributed by atoms with Crippen molar-refractivity contribution in [2.45, 2.75) is 58.1 Å². The van der Waals surface area contributed by atoms with Gasteiger partial charge in [-0.3, -0.25) is 9.69 Å². The third kappa shape index (κ3) is 4.03. The van der Waals surface area contributed by atoms with Crippen molar-refractivity contribution in [1.29, 1.82) is 0 Å². The van der Waals surface area contributed by atoms with Crippen molar-refractivity contribution in [3.8, 4) is 0 Å². The second-order valence-corrected chi connectivity index (χ2v) is 7.64. The average Bonchev–Trinajstić information content (AvgIpc) is 2.51. The first-order valence-electron chi connectivity index (χ1n) is 6.52. The smallest absolute Gasteiger partial charge is 0.412 e. The number of nitrogens with one attached hydrogen (secondary N) is 1. The fourth-order valence-corrected chi connectivity index (χ4v) is 3.15. The lowest BCUT2D eigenvalue weighted by molar-refractivity contribution is -0.126. The molecule has 1 heterocycles. The summed E-state index contributed by atoms with van der Waals surface area (Å²) >= 11 is 1.59. The van der Waals surface area contributed by atoms with Crippen LogP contribution in [0.2, 0.25) is 0 Å². The van der Waals surface area contributed by atoms with Crippen LogP contribution in [0.4, 0.5) is 4.79 Å². The number of likely N-dealkylation sites (N-methyl/N-ethyl adjacent to an activating group) is 1. The van der Waals surface area contributed by atoms with Crippen molar-refractivity contribution in [3.05, 3.63) is 0 Å². The van der Waals surface area contributed by atoms with Crippen molar-refractivity contribution in [2.75, 3.05) is 12.3 Å². The second-order valence-electron chi connectivity index (χ2n) is 6.02. The Morgan fingerprint density at radius 3 is 2.47 bits per heavy atom. The molecule has 0 saturated carbocycles. The van der Waals surface area contributed by atoms with Crippen molar-refractivity contribution >= 4 is 23.8 Å². The molecular formula is C13H24N2O3S. The molecule has 2 amide bonds. The average molecular weight is 288 g/mol. The molecule has 1 unspecified atom stereocenters. The zero-order chi connectivity index (χ0) is 14.8. The SMILES string of the molecule is CCNC(=O)C1CSC(C)(C)N1C(=O)OC(C)(C)C. The normalized spacial score (nSPS) is 22.2. The minimum absolute atomic E-state index is 0.119. The summed E-state index contributed by atoms with van der Waals surface area (Å²) in [5.74, 6) is 0.476. The molecule has 0 aromatic rings. The topological polar surface area (TPSA) is 58.6 Å². The Labute approximate surface area is 119 Å². The maximum atomic E-state index is 12.3. The van der Waals surface area contributed by atoms with E-state index in [4.69, 9.17) is 4.74 Å². The summed E-state index contributed by atoms with van der Waals surface area (Å²) in [4.78, 5) is 25.5. The molecule has 19 heavy (non-hydrogen) atoms. The summed E-state index contributed by atoms with van der Waals surface area (Å²) in [5, 5.41) is 2.77. The van der Waals surface area contributed by atoms with Gasteiger partial charge in [0.1, 0.15) is 11.6 Å². The molecule has 5 nitrogen and oxygen atoms in total. The second kappa shape index (κ2) is 5.61. The molecule has 0 spiro atoms. The quantitative estimate of drug-likeness (QED) is 0.846. The van der Waals surface area contributed by atoms with E-state index >= 15 is 0 Å². The molecule has 1 aliphatic rings. The van der Waals surface area contributed by atoms with Gasteiger partial charge in [-0.05, 0) is 41.5 Å². The van der Waals surface area contributed by atoms with Crippen molar-refractivity contribution in [2.24, 2.45) is 0 Å². The van der Waals surface area contributed by atoms with E-state index in [0.717, 1.165) is 0 Å². The molecular weight excluding hydrogens is 264 g/mol. The van der Waals surface area contributed by atoms with Gasteiger partial charge in [0.2, 0.25) is 5.91 Å². The third-order valence-electron chi connectivity index (χ3n) is 2.73. The highest BCUT2D eigenvalue weighted by Gasteiger charge is 2.48. The summed E-state index contributed by atoms with van der Waals surface area (Å²) in [5.41, 5.74) is -0.563. The van der Waals surface area contributed by atoms with E-state index in [-0.39, 0.29) is 5.91 Å². The lowest BCUT2D eigenvalue weighted by Crippen LogP contribution is -2.54. The van der Waals surface area contributed by atoms with Crippen LogP contribution in [0.1, 0.15) is 41.5 Å². The monoisotopic (exact) mass is 288 g/mol. The molecule has 1 rings (SSSR count). The number of nitrogens with zero attached hydrogens (tertiary/aromatic N) is 1. The number of hydrogen-bond donors (Lipinski definition) is 1. The van der Waals surface area contributed by atoms with Crippen LogP contribution >= 0.6 is 11.8 Å². The predicted octanol–water partition coefficient (Wildman–Crippen LogP) is 2.21. The van der Waals surface area contributed by atoms with E-state index in [0.29, 0.717) is 12.3 Å². The Kier molecular flexibility index (Phi) is 4.76. The van der Waals surface area contributed by atoms with Crippen molar-refractivity contribution < 1.29 is 14.3 Å². The van der Waals surface area contributed by atoms with E-state index in [1.807, 2.05) is 41.5 Å². The van der Waals surface area contributed by atoms with Gasteiger partial charge in [-0.2, -0.15) is 0 Å². The fourth-order valence-electron chi connectivity index (χ4n) is 1.95. The Balaban J connectivity index is 2.90.